The molecule has 0 unspecified atom stereocenters. The second kappa shape index (κ2) is 12.7. The van der Waals surface area contributed by atoms with Gasteiger partial charge < -0.3 is 9.04 Å². The maximum absolute atomic E-state index is 10.4. The fraction of sp³-hybridized carbons (Fsp3) is 0.684. The van der Waals surface area contributed by atoms with E-state index in [0.717, 1.165) is 17.9 Å². The summed E-state index contributed by atoms with van der Waals surface area (Å²) in [6.07, 6.45) is 6.47. The summed E-state index contributed by atoms with van der Waals surface area (Å²) in [5.74, 6) is 0.812. The van der Waals surface area contributed by atoms with Crippen molar-refractivity contribution in [3.05, 3.63) is 29.8 Å². The summed E-state index contributed by atoms with van der Waals surface area (Å²) in [6, 6.07) is 5.78. The van der Waals surface area contributed by atoms with Crippen molar-refractivity contribution in [2.75, 3.05) is 32.6 Å². The maximum Gasteiger partial charge on any atom is 0.124 e. The number of halogens is 1. The van der Waals surface area contributed by atoms with Crippen LogP contribution in [0.4, 0.5) is 0 Å². The number of benzene rings is 1. The van der Waals surface area contributed by atoms with E-state index in [1.54, 1.807) is 12.1 Å². The van der Waals surface area contributed by atoms with E-state index >= 15 is 0 Å². The summed E-state index contributed by atoms with van der Waals surface area (Å²) in [5, 5.41) is 0. The van der Waals surface area contributed by atoms with E-state index in [9.17, 15) is 13.0 Å². The van der Waals surface area contributed by atoms with E-state index in [2.05, 4.69) is 20.9 Å². The van der Waals surface area contributed by atoms with Crippen LogP contribution in [0, 0.1) is 6.92 Å². The van der Waals surface area contributed by atoms with E-state index < -0.39 is 10.1 Å². The molecule has 0 spiro atoms. The Kier molecular flexibility index (Phi) is 12.4. The van der Waals surface area contributed by atoms with Crippen molar-refractivity contribution in [1.82, 2.24) is 0 Å². The first-order valence-electron chi connectivity index (χ1n) is 9.10. The summed E-state index contributed by atoms with van der Waals surface area (Å²) < 4.78 is 32.4. The SMILES string of the molecule is CCCC[N+](C)(CCCC)CCCCl.Cc1ccc(S(=O)(=O)[O-])cc1. The Labute approximate surface area is 159 Å². The van der Waals surface area contributed by atoms with Gasteiger partial charge in [0.05, 0.1) is 31.6 Å². The van der Waals surface area contributed by atoms with E-state index in [-0.39, 0.29) is 4.90 Å². The molecule has 0 fully saturated rings. The van der Waals surface area contributed by atoms with Crippen molar-refractivity contribution >= 4 is 21.7 Å². The molecule has 0 aliphatic heterocycles. The molecule has 0 atom stereocenters. The van der Waals surface area contributed by atoms with Gasteiger partial charge in [0, 0.05) is 12.3 Å². The first kappa shape index (κ1) is 24.4. The van der Waals surface area contributed by atoms with Gasteiger partial charge in [-0.3, -0.25) is 0 Å². The lowest BCUT2D eigenvalue weighted by Crippen LogP contribution is -2.46. The molecule has 146 valence electrons. The van der Waals surface area contributed by atoms with Gasteiger partial charge in [0.2, 0.25) is 0 Å². The minimum atomic E-state index is -4.27. The molecule has 0 aromatic heterocycles. The molecule has 0 N–H and O–H groups in total. The van der Waals surface area contributed by atoms with Crippen molar-refractivity contribution in [3.63, 3.8) is 0 Å². The second-order valence-electron chi connectivity index (χ2n) is 6.81. The minimum absolute atomic E-state index is 0.178. The minimum Gasteiger partial charge on any atom is -0.744 e. The zero-order chi connectivity index (χ0) is 19.3. The number of aryl methyl sites for hydroxylation is 1. The molecule has 6 heteroatoms. The highest BCUT2D eigenvalue weighted by atomic mass is 35.5. The first-order valence-corrected chi connectivity index (χ1v) is 11.0. The first-order chi connectivity index (χ1) is 11.7. The molecule has 0 amide bonds. The van der Waals surface area contributed by atoms with Gasteiger partial charge in [0.1, 0.15) is 10.1 Å². The second-order valence-corrected chi connectivity index (χ2v) is 8.56. The van der Waals surface area contributed by atoms with Crippen LogP contribution in [-0.2, 0) is 10.1 Å². The number of rotatable bonds is 10. The molecule has 0 bridgehead atoms. The topological polar surface area (TPSA) is 57.2 Å². The van der Waals surface area contributed by atoms with Gasteiger partial charge in [-0.15, -0.1) is 11.6 Å². The Morgan fingerprint density at radius 1 is 0.960 bits per heavy atom. The summed E-state index contributed by atoms with van der Waals surface area (Å²) in [6.45, 7) is 10.3. The third-order valence-corrected chi connectivity index (χ3v) is 5.36. The highest BCUT2D eigenvalue weighted by Gasteiger charge is 2.19. The summed E-state index contributed by atoms with van der Waals surface area (Å²) >= 11 is 5.77. The Hall–Kier alpha value is -0.620. The zero-order valence-corrected chi connectivity index (χ0v) is 17.7. The number of hydrogen-bond acceptors (Lipinski definition) is 3. The van der Waals surface area contributed by atoms with Crippen LogP contribution in [-0.4, -0.2) is 50.0 Å². The van der Waals surface area contributed by atoms with Crippen molar-refractivity contribution in [2.24, 2.45) is 0 Å². The molecular formula is C19H34ClNO3S. The predicted molar refractivity (Wildman–Crippen MR) is 105 cm³/mol. The Bertz CT molecular complexity index is 537. The van der Waals surface area contributed by atoms with E-state index in [4.69, 9.17) is 11.6 Å². The number of alkyl halides is 1. The average molecular weight is 392 g/mol. The van der Waals surface area contributed by atoms with Gasteiger partial charge in [-0.05, 0) is 31.9 Å². The van der Waals surface area contributed by atoms with E-state index in [0.29, 0.717) is 0 Å². The molecule has 4 nitrogen and oxygen atoms in total. The van der Waals surface area contributed by atoms with Crippen LogP contribution < -0.4 is 0 Å². The highest BCUT2D eigenvalue weighted by molar-refractivity contribution is 7.85. The quantitative estimate of drug-likeness (QED) is 0.333. The monoisotopic (exact) mass is 391 g/mol. The molecule has 0 aliphatic carbocycles. The molecule has 0 saturated heterocycles. The third-order valence-electron chi connectivity index (χ3n) is 4.24. The Morgan fingerprint density at radius 3 is 1.76 bits per heavy atom. The molecule has 0 radical (unpaired) electrons. The van der Waals surface area contributed by atoms with Gasteiger partial charge in [-0.25, -0.2) is 8.42 Å². The molecule has 1 aromatic carbocycles. The Balaban J connectivity index is 0.000000472. The number of unbranched alkanes of at least 4 members (excludes halogenated alkanes) is 2. The van der Waals surface area contributed by atoms with Gasteiger partial charge >= 0.3 is 0 Å². The van der Waals surface area contributed by atoms with Crippen molar-refractivity contribution < 1.29 is 17.5 Å². The van der Waals surface area contributed by atoms with Gasteiger partial charge in [0.15, 0.2) is 0 Å². The number of nitrogens with zero attached hydrogens (tertiary/aromatic N) is 1. The van der Waals surface area contributed by atoms with Crippen LogP contribution >= 0.6 is 11.6 Å². The van der Waals surface area contributed by atoms with Crippen molar-refractivity contribution in [1.29, 1.82) is 0 Å². The fourth-order valence-corrected chi connectivity index (χ4v) is 3.15. The van der Waals surface area contributed by atoms with Gasteiger partial charge in [-0.1, -0.05) is 44.4 Å². The standard InChI is InChI=1S/C12H27ClN.C7H8O3S/c1-4-6-10-14(3,11-7-5-2)12-8-9-13;1-6-2-4-7(5-3-6)11(8,9)10/h4-12H2,1-3H3;2-5H,1H3,(H,8,9,10)/q+1;/p-1. The van der Waals surface area contributed by atoms with E-state index in [1.807, 2.05) is 6.92 Å². The van der Waals surface area contributed by atoms with Crippen LogP contribution in [0.3, 0.4) is 0 Å². The molecular weight excluding hydrogens is 358 g/mol. The normalized spacial score (nSPS) is 11.8. The average Bonchev–Trinajstić information content (AvgIpc) is 2.57. The zero-order valence-electron chi connectivity index (χ0n) is 16.1. The molecule has 25 heavy (non-hydrogen) atoms. The molecule has 0 aliphatic rings. The predicted octanol–water partition coefficient (Wildman–Crippen LogP) is 4.56. The largest absolute Gasteiger partial charge is 0.744 e. The molecule has 1 aromatic rings. The highest BCUT2D eigenvalue weighted by Crippen LogP contribution is 2.10. The maximum atomic E-state index is 10.4. The number of quaternary nitrogens is 1. The number of hydrogen-bond donors (Lipinski definition) is 0. The van der Waals surface area contributed by atoms with Crippen LogP contribution in [0.5, 0.6) is 0 Å². The molecule has 0 saturated carbocycles. The summed E-state index contributed by atoms with van der Waals surface area (Å²) in [5.41, 5.74) is 0.928. The third kappa shape index (κ3) is 11.6. The lowest BCUT2D eigenvalue weighted by atomic mass is 10.2. The lowest BCUT2D eigenvalue weighted by Gasteiger charge is -2.34. The van der Waals surface area contributed by atoms with Gasteiger partial charge in [0.25, 0.3) is 0 Å². The molecule has 1 rings (SSSR count). The van der Waals surface area contributed by atoms with Crippen LogP contribution in [0.2, 0.25) is 0 Å². The van der Waals surface area contributed by atoms with Crippen molar-refractivity contribution in [3.8, 4) is 0 Å². The molecule has 0 heterocycles. The smallest absolute Gasteiger partial charge is 0.124 e. The van der Waals surface area contributed by atoms with Crippen LogP contribution in [0.25, 0.3) is 0 Å². The lowest BCUT2D eigenvalue weighted by molar-refractivity contribution is -0.910. The van der Waals surface area contributed by atoms with Crippen molar-refractivity contribution in [2.45, 2.75) is 57.8 Å². The van der Waals surface area contributed by atoms with Gasteiger partial charge in [-0.2, -0.15) is 0 Å². The Morgan fingerprint density at radius 2 is 1.40 bits per heavy atom. The van der Waals surface area contributed by atoms with Crippen LogP contribution in [0.1, 0.15) is 51.5 Å². The summed E-state index contributed by atoms with van der Waals surface area (Å²) in [4.78, 5) is -0.178. The van der Waals surface area contributed by atoms with E-state index in [1.165, 1.54) is 61.9 Å². The van der Waals surface area contributed by atoms with Crippen LogP contribution in [0.15, 0.2) is 29.2 Å². The summed E-state index contributed by atoms with van der Waals surface area (Å²) in [7, 11) is -1.88. The fourth-order valence-electron chi connectivity index (χ4n) is 2.56.